The van der Waals surface area contributed by atoms with Crippen molar-refractivity contribution in [3.63, 3.8) is 0 Å². The van der Waals surface area contributed by atoms with Crippen molar-refractivity contribution >= 4 is 33.9 Å². The molecule has 0 amide bonds. The van der Waals surface area contributed by atoms with Crippen LogP contribution in [-0.4, -0.2) is 10.9 Å². The number of aryl methyl sites for hydroxylation is 1. The van der Waals surface area contributed by atoms with Crippen molar-refractivity contribution in [2.75, 3.05) is 5.75 Å². The van der Waals surface area contributed by atoms with Gasteiger partial charge in [-0.2, -0.15) is 11.8 Å². The average Bonchev–Trinajstić information content (AvgIpc) is 2.97. The van der Waals surface area contributed by atoms with Crippen molar-refractivity contribution in [1.29, 1.82) is 0 Å². The van der Waals surface area contributed by atoms with Crippen LogP contribution in [0.5, 0.6) is 0 Å². The molecular weight excluding hydrogens is 296 g/mol. The topological polar surface area (TPSA) is 20.2 Å². The third-order valence-electron chi connectivity index (χ3n) is 4.03. The van der Waals surface area contributed by atoms with E-state index in [0.717, 1.165) is 28.0 Å². The summed E-state index contributed by atoms with van der Waals surface area (Å²) in [6.45, 7) is 0. The summed E-state index contributed by atoms with van der Waals surface area (Å²) in [6, 6.07) is 16.7. The smallest absolute Gasteiger partial charge is 0.114 e. The highest BCUT2D eigenvalue weighted by molar-refractivity contribution is 7.98. The Hall–Kier alpha value is -1.29. The molecule has 2 aromatic carbocycles. The molecule has 1 aliphatic rings. The zero-order chi connectivity index (χ0) is 14.2. The van der Waals surface area contributed by atoms with E-state index in [0.29, 0.717) is 0 Å². The van der Waals surface area contributed by atoms with Gasteiger partial charge in [0.15, 0.2) is 0 Å². The number of fused-ring (bicyclic) bond motifs is 2. The van der Waals surface area contributed by atoms with Crippen LogP contribution in [0.25, 0.3) is 10.8 Å². The Kier molecular flexibility index (Phi) is 3.49. The number of thiophene rings is 1. The van der Waals surface area contributed by atoms with Gasteiger partial charge < -0.3 is 5.11 Å². The summed E-state index contributed by atoms with van der Waals surface area (Å²) in [4.78, 5) is 2.54. The van der Waals surface area contributed by atoms with E-state index in [2.05, 4.69) is 24.3 Å². The molecule has 3 heteroatoms. The lowest BCUT2D eigenvalue weighted by molar-refractivity contribution is 0.225. The second-order valence-electron chi connectivity index (χ2n) is 5.37. The minimum atomic E-state index is -0.517. The molecule has 0 spiro atoms. The lowest BCUT2D eigenvalue weighted by atomic mass is 9.99. The van der Waals surface area contributed by atoms with Crippen LogP contribution >= 0.6 is 23.1 Å². The van der Waals surface area contributed by atoms with Crippen LogP contribution in [0.1, 0.15) is 27.0 Å². The first-order chi connectivity index (χ1) is 10.3. The highest BCUT2D eigenvalue weighted by atomic mass is 32.2. The summed E-state index contributed by atoms with van der Waals surface area (Å²) in [7, 11) is 0. The first-order valence-corrected chi connectivity index (χ1v) is 9.15. The molecule has 1 atom stereocenters. The van der Waals surface area contributed by atoms with Crippen LogP contribution in [0, 0.1) is 0 Å². The molecule has 106 valence electrons. The molecule has 0 radical (unpaired) electrons. The van der Waals surface area contributed by atoms with Gasteiger partial charge in [0.1, 0.15) is 6.10 Å². The van der Waals surface area contributed by atoms with Gasteiger partial charge in [0, 0.05) is 15.5 Å². The van der Waals surface area contributed by atoms with Crippen molar-refractivity contribution in [2.45, 2.75) is 18.3 Å². The number of aliphatic hydroxyl groups is 1. The average molecular weight is 312 g/mol. The van der Waals surface area contributed by atoms with Gasteiger partial charge in [0.25, 0.3) is 0 Å². The van der Waals surface area contributed by atoms with E-state index in [-0.39, 0.29) is 0 Å². The maximum absolute atomic E-state index is 10.8. The molecule has 1 nitrogen and oxygen atoms in total. The highest BCUT2D eigenvalue weighted by Crippen LogP contribution is 2.38. The third kappa shape index (κ3) is 2.39. The van der Waals surface area contributed by atoms with E-state index >= 15 is 0 Å². The molecule has 0 aliphatic carbocycles. The highest BCUT2D eigenvalue weighted by Gasteiger charge is 2.20. The zero-order valence-electron chi connectivity index (χ0n) is 11.6. The number of rotatable bonds is 2. The Labute approximate surface area is 132 Å². The molecule has 4 rings (SSSR count). The molecular formula is C18H16OS2. The lowest BCUT2D eigenvalue weighted by Gasteiger charge is -2.12. The molecule has 0 fully saturated rings. The summed E-state index contributed by atoms with van der Waals surface area (Å²) in [5.41, 5.74) is 2.44. The molecule has 0 bridgehead atoms. The number of thioether (sulfide) groups is 1. The van der Waals surface area contributed by atoms with Crippen LogP contribution in [0.4, 0.5) is 0 Å². The van der Waals surface area contributed by atoms with Crippen molar-refractivity contribution < 1.29 is 5.11 Å². The summed E-state index contributed by atoms with van der Waals surface area (Å²) in [5.74, 6) is 2.30. The van der Waals surface area contributed by atoms with E-state index in [1.165, 1.54) is 21.6 Å². The maximum atomic E-state index is 10.8. The predicted molar refractivity (Wildman–Crippen MR) is 92.2 cm³/mol. The Balaban J connectivity index is 1.79. The lowest BCUT2D eigenvalue weighted by Crippen LogP contribution is -1.98. The first-order valence-electron chi connectivity index (χ1n) is 7.18. The van der Waals surface area contributed by atoms with Gasteiger partial charge in [0.05, 0.1) is 0 Å². The monoisotopic (exact) mass is 312 g/mol. The van der Waals surface area contributed by atoms with Crippen molar-refractivity contribution in [3.8, 4) is 0 Å². The number of hydrogen-bond acceptors (Lipinski definition) is 3. The number of aliphatic hydroxyl groups excluding tert-OH is 1. The molecule has 2 heterocycles. The molecule has 1 aromatic heterocycles. The standard InChI is InChI=1S/C18H16OS2/c19-18(17-10-13-11-20-9-8-16(13)21-17)15-7-3-5-12-4-1-2-6-14(12)15/h1-7,10,18-19H,8-9,11H2. The third-order valence-corrected chi connectivity index (χ3v) is 6.33. The van der Waals surface area contributed by atoms with E-state index in [9.17, 15) is 5.11 Å². The minimum Gasteiger partial charge on any atom is -0.383 e. The van der Waals surface area contributed by atoms with Gasteiger partial charge >= 0.3 is 0 Å². The fourth-order valence-corrected chi connectivity index (χ4v) is 5.33. The second kappa shape index (κ2) is 5.48. The van der Waals surface area contributed by atoms with Crippen LogP contribution in [-0.2, 0) is 12.2 Å². The summed E-state index contributed by atoms with van der Waals surface area (Å²) >= 11 is 3.77. The van der Waals surface area contributed by atoms with Gasteiger partial charge in [-0.3, -0.25) is 0 Å². The Bertz CT molecular complexity index is 762. The van der Waals surface area contributed by atoms with E-state index in [1.807, 2.05) is 36.0 Å². The van der Waals surface area contributed by atoms with E-state index in [1.54, 1.807) is 11.3 Å². The summed E-state index contributed by atoms with van der Waals surface area (Å²) in [6.07, 6.45) is 0.629. The Morgan fingerprint density at radius 3 is 2.81 bits per heavy atom. The van der Waals surface area contributed by atoms with Gasteiger partial charge in [-0.05, 0) is 40.1 Å². The predicted octanol–water partition coefficient (Wildman–Crippen LogP) is 4.77. The first kappa shape index (κ1) is 13.4. The fourth-order valence-electron chi connectivity index (χ4n) is 2.95. The van der Waals surface area contributed by atoms with Crippen LogP contribution < -0.4 is 0 Å². The van der Waals surface area contributed by atoms with Gasteiger partial charge in [-0.15, -0.1) is 11.3 Å². The van der Waals surface area contributed by atoms with Gasteiger partial charge in [-0.25, -0.2) is 0 Å². The summed E-state index contributed by atoms with van der Waals surface area (Å²) in [5, 5.41) is 13.2. The number of benzene rings is 2. The molecule has 0 saturated heterocycles. The molecule has 21 heavy (non-hydrogen) atoms. The molecule has 1 N–H and O–H groups in total. The zero-order valence-corrected chi connectivity index (χ0v) is 13.2. The van der Waals surface area contributed by atoms with Crippen LogP contribution in [0.3, 0.4) is 0 Å². The minimum absolute atomic E-state index is 0.517. The SMILES string of the molecule is OC(c1cc2c(s1)CCSC2)c1cccc2ccccc12. The van der Waals surface area contributed by atoms with Crippen molar-refractivity contribution in [2.24, 2.45) is 0 Å². The van der Waals surface area contributed by atoms with Crippen LogP contribution in [0.2, 0.25) is 0 Å². The van der Waals surface area contributed by atoms with Gasteiger partial charge in [0.2, 0.25) is 0 Å². The van der Waals surface area contributed by atoms with Gasteiger partial charge in [-0.1, -0.05) is 42.5 Å². The van der Waals surface area contributed by atoms with E-state index in [4.69, 9.17) is 0 Å². The number of hydrogen-bond donors (Lipinski definition) is 1. The summed E-state index contributed by atoms with van der Waals surface area (Å²) < 4.78 is 0. The van der Waals surface area contributed by atoms with E-state index < -0.39 is 6.10 Å². The quantitative estimate of drug-likeness (QED) is 0.735. The maximum Gasteiger partial charge on any atom is 0.114 e. The molecule has 1 unspecified atom stereocenters. The second-order valence-corrected chi connectivity index (χ2v) is 7.64. The largest absolute Gasteiger partial charge is 0.383 e. The Morgan fingerprint density at radius 2 is 1.90 bits per heavy atom. The van der Waals surface area contributed by atoms with Crippen molar-refractivity contribution in [3.05, 3.63) is 69.4 Å². The fraction of sp³-hybridized carbons (Fsp3) is 0.222. The normalized spacial score (nSPS) is 15.9. The van der Waals surface area contributed by atoms with Crippen LogP contribution in [0.15, 0.2) is 48.5 Å². The molecule has 1 aliphatic heterocycles. The Morgan fingerprint density at radius 1 is 1.05 bits per heavy atom. The molecule has 3 aromatic rings. The molecule has 0 saturated carbocycles. The van der Waals surface area contributed by atoms with Crippen molar-refractivity contribution in [1.82, 2.24) is 0 Å².